The van der Waals surface area contributed by atoms with Gasteiger partial charge in [0.2, 0.25) is 11.8 Å². The van der Waals surface area contributed by atoms with Crippen molar-refractivity contribution >= 4 is 41.0 Å². The van der Waals surface area contributed by atoms with Crippen molar-refractivity contribution in [1.82, 2.24) is 15.5 Å². The number of fused-ring (bicyclic) bond motifs is 1. The number of benzene rings is 2. The number of halogens is 1. The molecule has 2 amide bonds. The summed E-state index contributed by atoms with van der Waals surface area (Å²) >= 11 is 6.06. The van der Waals surface area contributed by atoms with Crippen LogP contribution in [0.25, 0.3) is 0 Å². The van der Waals surface area contributed by atoms with Crippen molar-refractivity contribution in [2.45, 2.75) is 24.5 Å². The van der Waals surface area contributed by atoms with Crippen LogP contribution in [-0.2, 0) is 25.7 Å². The Morgan fingerprint density at radius 1 is 1.14 bits per heavy atom. The fourth-order valence-electron chi connectivity index (χ4n) is 5.18. The zero-order chi connectivity index (χ0) is 26.9. The van der Waals surface area contributed by atoms with E-state index >= 15 is 0 Å². The lowest BCUT2D eigenvalue weighted by Gasteiger charge is -2.29. The fraction of sp³-hybridized carbons (Fsp3) is 0.333. The molecule has 0 aromatic heterocycles. The lowest BCUT2D eigenvalue weighted by molar-refractivity contribution is -0.385. The molecular weight excluding hydrogens is 508 g/mol. The summed E-state index contributed by atoms with van der Waals surface area (Å²) in [7, 11) is 0. The van der Waals surface area contributed by atoms with Crippen LogP contribution >= 0.6 is 11.6 Å². The van der Waals surface area contributed by atoms with E-state index in [1.54, 1.807) is 0 Å². The van der Waals surface area contributed by atoms with Crippen molar-refractivity contribution in [3.05, 3.63) is 74.8 Å². The maximum atomic E-state index is 13.5. The van der Waals surface area contributed by atoms with E-state index in [-0.39, 0.29) is 23.7 Å². The summed E-state index contributed by atoms with van der Waals surface area (Å²) in [5, 5.41) is 37.1. The molecule has 2 aromatic rings. The Balaban J connectivity index is 1.68. The van der Waals surface area contributed by atoms with Crippen LogP contribution in [0.2, 0.25) is 5.02 Å². The first kappa shape index (κ1) is 26.2. The first-order valence-corrected chi connectivity index (χ1v) is 11.7. The number of carboxylic acids is 2. The molecule has 4 rings (SSSR count). The summed E-state index contributed by atoms with van der Waals surface area (Å²) in [6.45, 7) is 0.561. The minimum absolute atomic E-state index is 0.0868. The number of rotatable bonds is 10. The SMILES string of the molecule is O=C(O)CC1(C(=O)O)NC(c2cc(Cl)ccc2[N+](=O)[O-])C2C(=O)N(CCNCc3ccccc3)C(=O)C21. The zero-order valence-electron chi connectivity index (χ0n) is 19.3. The highest BCUT2D eigenvalue weighted by atomic mass is 35.5. The molecule has 2 saturated heterocycles. The van der Waals surface area contributed by atoms with Crippen LogP contribution in [-0.4, -0.2) is 62.4 Å². The van der Waals surface area contributed by atoms with E-state index < -0.39 is 64.2 Å². The maximum absolute atomic E-state index is 13.5. The van der Waals surface area contributed by atoms with E-state index in [1.165, 1.54) is 12.1 Å². The van der Waals surface area contributed by atoms with Gasteiger partial charge in [-0.25, -0.2) is 0 Å². The number of nitrogens with zero attached hydrogens (tertiary/aromatic N) is 2. The fourth-order valence-corrected chi connectivity index (χ4v) is 5.36. The van der Waals surface area contributed by atoms with Crippen LogP contribution in [0.4, 0.5) is 5.69 Å². The van der Waals surface area contributed by atoms with Gasteiger partial charge in [0.1, 0.15) is 5.54 Å². The Morgan fingerprint density at radius 3 is 2.46 bits per heavy atom. The molecule has 2 aliphatic heterocycles. The molecule has 2 aliphatic rings. The minimum atomic E-state index is -2.36. The van der Waals surface area contributed by atoms with Gasteiger partial charge >= 0.3 is 11.9 Å². The highest BCUT2D eigenvalue weighted by Crippen LogP contribution is 2.51. The number of carbonyl (C=O) groups is 4. The molecule has 37 heavy (non-hydrogen) atoms. The number of nitro benzene ring substituents is 1. The Bertz CT molecular complexity index is 1270. The molecule has 0 radical (unpaired) electrons. The minimum Gasteiger partial charge on any atom is -0.481 e. The maximum Gasteiger partial charge on any atom is 0.325 e. The van der Waals surface area contributed by atoms with Gasteiger partial charge in [-0.2, -0.15) is 0 Å². The topological polar surface area (TPSA) is 179 Å². The summed E-state index contributed by atoms with van der Waals surface area (Å²) in [5.41, 5.74) is -1.94. The van der Waals surface area contributed by atoms with Crippen LogP contribution in [0.3, 0.4) is 0 Å². The number of aliphatic carboxylic acids is 2. The van der Waals surface area contributed by atoms with Gasteiger partial charge in [0.15, 0.2) is 0 Å². The lowest BCUT2D eigenvalue weighted by Crippen LogP contribution is -2.57. The van der Waals surface area contributed by atoms with Gasteiger partial charge in [0.05, 0.1) is 29.2 Å². The quantitative estimate of drug-likeness (QED) is 0.152. The van der Waals surface area contributed by atoms with Crippen molar-refractivity contribution < 1.29 is 34.3 Å². The smallest absolute Gasteiger partial charge is 0.325 e. The average Bonchev–Trinajstić information content (AvgIpc) is 3.31. The van der Waals surface area contributed by atoms with Crippen LogP contribution < -0.4 is 10.6 Å². The number of amides is 2. The highest BCUT2D eigenvalue weighted by Gasteiger charge is 2.69. The predicted octanol–water partition coefficient (Wildman–Crippen LogP) is 1.58. The van der Waals surface area contributed by atoms with E-state index in [1.807, 2.05) is 30.3 Å². The highest BCUT2D eigenvalue weighted by molar-refractivity contribution is 6.30. The number of imide groups is 1. The molecule has 2 aromatic carbocycles. The van der Waals surface area contributed by atoms with Crippen molar-refractivity contribution in [3.63, 3.8) is 0 Å². The molecular formula is C24H23ClN4O8. The van der Waals surface area contributed by atoms with E-state index in [0.29, 0.717) is 6.54 Å². The standard InChI is InChI=1S/C24H23ClN4O8/c25-14-6-7-16(29(36)37)15(10-14)20-18-19(24(27-20,23(34)35)11-17(30)31)22(33)28(21(18)32)9-8-26-12-13-4-2-1-3-5-13/h1-7,10,18-20,26-27H,8-9,11-12H2,(H,30,31)(H,34,35). The third-order valence-corrected chi connectivity index (χ3v) is 7.00. The molecule has 0 spiro atoms. The molecule has 0 aliphatic carbocycles. The monoisotopic (exact) mass is 530 g/mol. The molecule has 194 valence electrons. The number of carbonyl (C=O) groups excluding carboxylic acids is 2. The van der Waals surface area contributed by atoms with Crippen molar-refractivity contribution in [3.8, 4) is 0 Å². The summed E-state index contributed by atoms with van der Waals surface area (Å²) in [6, 6.07) is 11.6. The summed E-state index contributed by atoms with van der Waals surface area (Å²) < 4.78 is 0. The van der Waals surface area contributed by atoms with Gasteiger partial charge in [-0.3, -0.25) is 39.5 Å². The third kappa shape index (κ3) is 4.78. The zero-order valence-corrected chi connectivity index (χ0v) is 20.1. The van der Waals surface area contributed by atoms with Gasteiger partial charge in [-0.15, -0.1) is 0 Å². The Hall–Kier alpha value is -3.87. The van der Waals surface area contributed by atoms with E-state index in [0.717, 1.165) is 16.5 Å². The molecule has 2 fully saturated rings. The lowest BCUT2D eigenvalue weighted by atomic mass is 9.77. The van der Waals surface area contributed by atoms with Gasteiger partial charge in [-0.05, 0) is 17.7 Å². The summed E-state index contributed by atoms with van der Waals surface area (Å²) in [4.78, 5) is 63.0. The first-order valence-electron chi connectivity index (χ1n) is 11.3. The summed E-state index contributed by atoms with van der Waals surface area (Å²) in [6.07, 6.45) is -1.02. The molecule has 0 saturated carbocycles. The third-order valence-electron chi connectivity index (χ3n) is 6.76. The van der Waals surface area contributed by atoms with Gasteiger partial charge in [0, 0.05) is 36.3 Å². The second kappa shape index (κ2) is 10.2. The normalized spacial score (nSPS) is 24.8. The van der Waals surface area contributed by atoms with Gasteiger partial charge < -0.3 is 15.5 Å². The van der Waals surface area contributed by atoms with Crippen LogP contribution in [0.1, 0.15) is 23.6 Å². The Kier molecular flexibility index (Phi) is 7.25. The van der Waals surface area contributed by atoms with Crippen molar-refractivity contribution in [2.75, 3.05) is 13.1 Å². The number of hydrogen-bond donors (Lipinski definition) is 4. The number of likely N-dealkylation sites (tertiary alicyclic amines) is 1. The molecule has 4 N–H and O–H groups in total. The number of hydrogen-bond acceptors (Lipinski definition) is 8. The Morgan fingerprint density at radius 2 is 1.84 bits per heavy atom. The number of nitrogens with one attached hydrogen (secondary N) is 2. The molecule has 2 heterocycles. The predicted molar refractivity (Wildman–Crippen MR) is 128 cm³/mol. The van der Waals surface area contributed by atoms with Crippen molar-refractivity contribution in [2.24, 2.45) is 11.8 Å². The molecule has 12 nitrogen and oxygen atoms in total. The van der Waals surface area contributed by atoms with Gasteiger partial charge in [0.25, 0.3) is 5.69 Å². The summed E-state index contributed by atoms with van der Waals surface area (Å²) in [5.74, 6) is -7.72. The van der Waals surface area contributed by atoms with E-state index in [2.05, 4.69) is 10.6 Å². The van der Waals surface area contributed by atoms with E-state index in [4.69, 9.17) is 11.6 Å². The Labute approximate surface area is 215 Å². The first-order chi connectivity index (χ1) is 17.6. The van der Waals surface area contributed by atoms with Crippen molar-refractivity contribution in [1.29, 1.82) is 0 Å². The molecule has 0 bridgehead atoms. The second-order valence-electron chi connectivity index (χ2n) is 8.92. The number of nitro groups is 1. The van der Waals surface area contributed by atoms with Crippen LogP contribution in [0.15, 0.2) is 48.5 Å². The molecule has 13 heteroatoms. The number of carboxylic acid groups (broad SMARTS) is 2. The van der Waals surface area contributed by atoms with E-state index in [9.17, 15) is 39.5 Å². The largest absolute Gasteiger partial charge is 0.481 e. The van der Waals surface area contributed by atoms with Crippen LogP contribution in [0.5, 0.6) is 0 Å². The average molecular weight is 531 g/mol. The molecule has 4 unspecified atom stereocenters. The second-order valence-corrected chi connectivity index (χ2v) is 9.36. The van der Waals surface area contributed by atoms with Crippen LogP contribution in [0, 0.1) is 22.0 Å². The van der Waals surface area contributed by atoms with Gasteiger partial charge in [-0.1, -0.05) is 41.9 Å². The molecule has 4 atom stereocenters.